The summed E-state index contributed by atoms with van der Waals surface area (Å²) in [7, 11) is -2.11. The molecule has 2 N–H and O–H groups in total. The van der Waals surface area contributed by atoms with E-state index in [9.17, 15) is 13.2 Å². The van der Waals surface area contributed by atoms with Gasteiger partial charge in [-0.25, -0.2) is 13.1 Å². The summed E-state index contributed by atoms with van der Waals surface area (Å²) in [6.07, 6.45) is 1.50. The number of hydrogen-bond donors (Lipinski definition) is 2. The lowest BCUT2D eigenvalue weighted by Crippen LogP contribution is -2.27. The Balaban J connectivity index is 1.55. The van der Waals surface area contributed by atoms with Gasteiger partial charge in [0.2, 0.25) is 15.9 Å². The Bertz CT molecular complexity index is 1250. The van der Waals surface area contributed by atoms with E-state index in [4.69, 9.17) is 23.2 Å². The van der Waals surface area contributed by atoms with Crippen molar-refractivity contribution in [2.45, 2.75) is 23.2 Å². The molecule has 0 spiro atoms. The lowest BCUT2D eigenvalue weighted by Gasteiger charge is -2.17. The van der Waals surface area contributed by atoms with Crippen LogP contribution in [0.15, 0.2) is 71.6 Å². The first-order chi connectivity index (χ1) is 14.7. The van der Waals surface area contributed by atoms with Gasteiger partial charge >= 0.3 is 0 Å². The summed E-state index contributed by atoms with van der Waals surface area (Å²) in [6, 6.07) is 19.3. The zero-order valence-corrected chi connectivity index (χ0v) is 19.0. The highest BCUT2D eigenvalue weighted by atomic mass is 35.5. The maximum Gasteiger partial charge on any atom is 0.240 e. The molecule has 1 fully saturated rings. The molecule has 4 rings (SSSR count). The van der Waals surface area contributed by atoms with Gasteiger partial charge in [0.25, 0.3) is 0 Å². The van der Waals surface area contributed by atoms with Crippen molar-refractivity contribution in [1.29, 1.82) is 0 Å². The van der Waals surface area contributed by atoms with Gasteiger partial charge in [-0.05, 0) is 73.0 Å². The summed E-state index contributed by atoms with van der Waals surface area (Å²) in [5.74, 6) is -0.0847. The highest BCUT2D eigenvalue weighted by molar-refractivity contribution is 7.89. The van der Waals surface area contributed by atoms with Crippen LogP contribution >= 0.6 is 23.2 Å². The Hall–Kier alpha value is -2.38. The number of anilines is 1. The smallest absolute Gasteiger partial charge is 0.240 e. The second kappa shape index (κ2) is 8.28. The molecule has 1 aliphatic rings. The quantitative estimate of drug-likeness (QED) is 0.512. The number of amides is 1. The molecule has 0 aromatic heterocycles. The zero-order valence-electron chi connectivity index (χ0n) is 16.7. The van der Waals surface area contributed by atoms with E-state index in [1.807, 2.05) is 30.3 Å². The average molecular weight is 475 g/mol. The molecule has 0 saturated heterocycles. The topological polar surface area (TPSA) is 75.3 Å². The summed E-state index contributed by atoms with van der Waals surface area (Å²) in [5, 5.41) is 3.91. The predicted molar refractivity (Wildman–Crippen MR) is 124 cm³/mol. The van der Waals surface area contributed by atoms with Crippen LogP contribution in [0, 0.1) is 0 Å². The van der Waals surface area contributed by atoms with E-state index in [1.54, 1.807) is 36.4 Å². The number of carbonyl (C=O) groups excluding carboxylic acids is 1. The van der Waals surface area contributed by atoms with Crippen molar-refractivity contribution >= 4 is 44.8 Å². The molecule has 1 aliphatic carbocycles. The maximum absolute atomic E-state index is 13.1. The van der Waals surface area contributed by atoms with E-state index < -0.39 is 15.4 Å². The third kappa shape index (κ3) is 4.34. The molecule has 160 valence electrons. The average Bonchev–Trinajstić information content (AvgIpc) is 3.58. The fourth-order valence-electron chi connectivity index (χ4n) is 3.54. The largest absolute Gasteiger partial charge is 0.325 e. The maximum atomic E-state index is 13.1. The zero-order chi connectivity index (χ0) is 22.2. The summed E-state index contributed by atoms with van der Waals surface area (Å²) in [6.45, 7) is 0. The minimum absolute atomic E-state index is 0.0847. The number of rotatable bonds is 6. The number of halogens is 2. The highest BCUT2D eigenvalue weighted by Crippen LogP contribution is 2.50. The van der Waals surface area contributed by atoms with Crippen LogP contribution in [0.2, 0.25) is 10.0 Å². The third-order valence-electron chi connectivity index (χ3n) is 5.54. The van der Waals surface area contributed by atoms with Gasteiger partial charge in [0.1, 0.15) is 0 Å². The lowest BCUT2D eigenvalue weighted by atomic mass is 9.94. The van der Waals surface area contributed by atoms with Crippen LogP contribution in [-0.4, -0.2) is 21.4 Å². The second-order valence-corrected chi connectivity index (χ2v) is 10.2. The fourth-order valence-corrected chi connectivity index (χ4v) is 4.57. The van der Waals surface area contributed by atoms with Crippen LogP contribution in [0.1, 0.15) is 18.4 Å². The number of nitrogens with one attached hydrogen (secondary N) is 2. The molecule has 0 atom stereocenters. The normalized spacial score (nSPS) is 14.8. The first kappa shape index (κ1) is 21.8. The van der Waals surface area contributed by atoms with Gasteiger partial charge in [0, 0.05) is 5.69 Å². The highest BCUT2D eigenvalue weighted by Gasteiger charge is 2.51. The summed E-state index contributed by atoms with van der Waals surface area (Å²) >= 11 is 12.2. The fraction of sp³-hybridized carbons (Fsp3) is 0.174. The van der Waals surface area contributed by atoms with E-state index in [2.05, 4.69) is 10.0 Å². The van der Waals surface area contributed by atoms with Crippen LogP contribution in [0.25, 0.3) is 11.1 Å². The molecule has 31 heavy (non-hydrogen) atoms. The van der Waals surface area contributed by atoms with Gasteiger partial charge in [-0.15, -0.1) is 0 Å². The van der Waals surface area contributed by atoms with Gasteiger partial charge in [-0.1, -0.05) is 53.5 Å². The van der Waals surface area contributed by atoms with Crippen molar-refractivity contribution in [2.75, 3.05) is 12.4 Å². The Morgan fingerprint density at radius 1 is 0.903 bits per heavy atom. The van der Waals surface area contributed by atoms with Crippen molar-refractivity contribution in [3.05, 3.63) is 82.3 Å². The number of sulfonamides is 1. The number of carbonyl (C=O) groups is 1. The molecule has 1 saturated carbocycles. The number of hydrogen-bond acceptors (Lipinski definition) is 3. The molecule has 5 nitrogen and oxygen atoms in total. The summed E-state index contributed by atoms with van der Waals surface area (Å²) < 4.78 is 26.1. The molecular formula is C23H20Cl2N2O3S. The van der Waals surface area contributed by atoms with Crippen LogP contribution in [-0.2, 0) is 20.2 Å². The standard InChI is InChI=1S/C23H20Cl2N2O3S/c1-26-31(29,30)19-8-5-15(6-9-19)16-3-2-4-18(13-16)27-22(28)23(11-12-23)17-7-10-20(24)21(25)14-17/h2-10,13-14,26H,11-12H2,1H3,(H,27,28). The van der Waals surface area contributed by atoms with Crippen LogP contribution in [0.3, 0.4) is 0 Å². The lowest BCUT2D eigenvalue weighted by molar-refractivity contribution is -0.118. The minimum Gasteiger partial charge on any atom is -0.325 e. The van der Waals surface area contributed by atoms with Crippen molar-refractivity contribution in [3.63, 3.8) is 0 Å². The molecule has 0 aliphatic heterocycles. The van der Waals surface area contributed by atoms with E-state index in [-0.39, 0.29) is 10.8 Å². The molecule has 0 radical (unpaired) electrons. The van der Waals surface area contributed by atoms with Crippen molar-refractivity contribution < 1.29 is 13.2 Å². The van der Waals surface area contributed by atoms with Gasteiger partial charge in [0.05, 0.1) is 20.4 Å². The summed E-state index contributed by atoms with van der Waals surface area (Å²) in [5.41, 5.74) is 2.65. The van der Waals surface area contributed by atoms with Crippen LogP contribution in [0.5, 0.6) is 0 Å². The molecule has 3 aromatic rings. The van der Waals surface area contributed by atoms with Crippen molar-refractivity contribution in [1.82, 2.24) is 4.72 Å². The minimum atomic E-state index is -3.49. The Kier molecular flexibility index (Phi) is 5.83. The molecule has 0 heterocycles. The van der Waals surface area contributed by atoms with E-state index in [0.717, 1.165) is 29.5 Å². The first-order valence-electron chi connectivity index (χ1n) is 9.66. The third-order valence-corrected chi connectivity index (χ3v) is 7.71. The monoisotopic (exact) mass is 474 g/mol. The summed E-state index contributed by atoms with van der Waals surface area (Å²) in [4.78, 5) is 13.3. The molecule has 1 amide bonds. The molecule has 3 aromatic carbocycles. The predicted octanol–water partition coefficient (Wildman–Crippen LogP) is 5.24. The van der Waals surface area contributed by atoms with Crippen LogP contribution < -0.4 is 10.0 Å². The van der Waals surface area contributed by atoms with Crippen molar-refractivity contribution in [2.24, 2.45) is 0 Å². The SMILES string of the molecule is CNS(=O)(=O)c1ccc(-c2cccc(NC(=O)C3(c4ccc(Cl)c(Cl)c4)CC3)c2)cc1. The molecule has 0 bridgehead atoms. The molecular weight excluding hydrogens is 455 g/mol. The molecule has 0 unspecified atom stereocenters. The van der Waals surface area contributed by atoms with Gasteiger partial charge in [0.15, 0.2) is 0 Å². The molecule has 8 heteroatoms. The second-order valence-electron chi connectivity index (χ2n) is 7.48. The van der Waals surface area contributed by atoms with E-state index >= 15 is 0 Å². The first-order valence-corrected chi connectivity index (χ1v) is 11.9. The van der Waals surface area contributed by atoms with Gasteiger partial charge < -0.3 is 5.32 Å². The Morgan fingerprint density at radius 2 is 1.61 bits per heavy atom. The van der Waals surface area contributed by atoms with Gasteiger partial charge in [-0.2, -0.15) is 0 Å². The Labute approximate surface area is 191 Å². The van der Waals surface area contributed by atoms with E-state index in [0.29, 0.717) is 15.7 Å². The van der Waals surface area contributed by atoms with Gasteiger partial charge in [-0.3, -0.25) is 4.79 Å². The van der Waals surface area contributed by atoms with Crippen LogP contribution in [0.4, 0.5) is 5.69 Å². The number of benzene rings is 3. The van der Waals surface area contributed by atoms with E-state index in [1.165, 1.54) is 7.05 Å². The van der Waals surface area contributed by atoms with Crippen molar-refractivity contribution in [3.8, 4) is 11.1 Å². The Morgan fingerprint density at radius 3 is 2.23 bits per heavy atom.